The summed E-state index contributed by atoms with van der Waals surface area (Å²) >= 11 is 0. The van der Waals surface area contributed by atoms with E-state index in [-0.39, 0.29) is 0 Å². The van der Waals surface area contributed by atoms with Crippen molar-refractivity contribution in [2.24, 2.45) is 0 Å². The molecule has 4 nitrogen and oxygen atoms in total. The number of ether oxygens (including phenoxy) is 2. The molecule has 1 aromatic heterocycles. The number of aryl methyl sites for hydroxylation is 1. The first-order valence-corrected chi connectivity index (χ1v) is 5.07. The topological polar surface area (TPSA) is 48.4 Å². The molecule has 0 aliphatic rings. The quantitative estimate of drug-likeness (QED) is 0.444. The van der Waals surface area contributed by atoms with Crippen molar-refractivity contribution in [2.75, 3.05) is 6.61 Å². The Hall–Kier alpha value is -1.84. The van der Waals surface area contributed by atoms with Gasteiger partial charge in [0.25, 0.3) is 0 Å². The van der Waals surface area contributed by atoms with Gasteiger partial charge in [0.05, 0.1) is 18.9 Å². The number of hydrogen-bond acceptors (Lipinski definition) is 4. The number of rotatable bonds is 4. The zero-order valence-electron chi connectivity index (χ0n) is 9.69. The molecular formula is C12H15NO3. The van der Waals surface area contributed by atoms with Crippen molar-refractivity contribution >= 4 is 5.97 Å². The molecule has 0 amide bonds. The van der Waals surface area contributed by atoms with Crippen LogP contribution in [0, 0.1) is 6.92 Å². The SMILES string of the molecule is CCOC(=O)/C=C(/C)Oc1ccc(C)nc1. The molecule has 0 atom stereocenters. The summed E-state index contributed by atoms with van der Waals surface area (Å²) in [5.74, 6) is 0.674. The van der Waals surface area contributed by atoms with Gasteiger partial charge in [-0.2, -0.15) is 0 Å². The van der Waals surface area contributed by atoms with Crippen LogP contribution in [0.4, 0.5) is 0 Å². The Kier molecular flexibility index (Phi) is 4.51. The Morgan fingerprint density at radius 1 is 1.50 bits per heavy atom. The number of esters is 1. The minimum Gasteiger partial charge on any atom is -0.463 e. The van der Waals surface area contributed by atoms with Crippen molar-refractivity contribution in [3.63, 3.8) is 0 Å². The molecule has 0 spiro atoms. The van der Waals surface area contributed by atoms with Gasteiger partial charge in [-0.1, -0.05) is 0 Å². The van der Waals surface area contributed by atoms with E-state index in [9.17, 15) is 4.79 Å². The van der Waals surface area contributed by atoms with Crippen LogP contribution in [0.5, 0.6) is 5.75 Å². The maximum Gasteiger partial charge on any atom is 0.334 e. The van der Waals surface area contributed by atoms with E-state index in [2.05, 4.69) is 4.98 Å². The molecule has 1 aromatic rings. The summed E-state index contributed by atoms with van der Waals surface area (Å²) in [5, 5.41) is 0. The van der Waals surface area contributed by atoms with E-state index < -0.39 is 5.97 Å². The largest absolute Gasteiger partial charge is 0.463 e. The molecule has 0 unspecified atom stereocenters. The van der Waals surface area contributed by atoms with Crippen molar-refractivity contribution in [1.29, 1.82) is 0 Å². The smallest absolute Gasteiger partial charge is 0.334 e. The number of aromatic nitrogens is 1. The zero-order chi connectivity index (χ0) is 12.0. The standard InChI is InChI=1S/C12H15NO3/c1-4-15-12(14)7-10(3)16-11-6-5-9(2)13-8-11/h5-8H,4H2,1-3H3/b10-7-. The molecule has 0 N–H and O–H groups in total. The molecule has 16 heavy (non-hydrogen) atoms. The van der Waals surface area contributed by atoms with Gasteiger partial charge in [0.15, 0.2) is 0 Å². The summed E-state index contributed by atoms with van der Waals surface area (Å²) in [6, 6.07) is 3.64. The molecule has 86 valence electrons. The molecule has 0 aliphatic heterocycles. The summed E-state index contributed by atoms with van der Waals surface area (Å²) in [4.78, 5) is 15.2. The average Bonchev–Trinajstić information content (AvgIpc) is 2.21. The Labute approximate surface area is 94.9 Å². The van der Waals surface area contributed by atoms with E-state index in [0.717, 1.165) is 5.69 Å². The van der Waals surface area contributed by atoms with E-state index in [1.165, 1.54) is 6.08 Å². The van der Waals surface area contributed by atoms with Gasteiger partial charge in [-0.15, -0.1) is 0 Å². The molecular weight excluding hydrogens is 206 g/mol. The third-order valence-electron chi connectivity index (χ3n) is 1.77. The molecule has 1 rings (SSSR count). The molecule has 0 radical (unpaired) electrons. The third kappa shape index (κ3) is 4.13. The van der Waals surface area contributed by atoms with Gasteiger partial charge in [0.2, 0.25) is 0 Å². The summed E-state index contributed by atoms with van der Waals surface area (Å²) < 4.78 is 10.1. The minimum atomic E-state index is -0.403. The number of pyridine rings is 1. The van der Waals surface area contributed by atoms with Gasteiger partial charge >= 0.3 is 5.97 Å². The zero-order valence-corrected chi connectivity index (χ0v) is 9.69. The number of allylic oxidation sites excluding steroid dienone is 1. The van der Waals surface area contributed by atoms with Gasteiger partial charge in [0, 0.05) is 5.69 Å². The first-order valence-electron chi connectivity index (χ1n) is 5.07. The van der Waals surface area contributed by atoms with Gasteiger partial charge in [-0.25, -0.2) is 4.79 Å². The van der Waals surface area contributed by atoms with Crippen LogP contribution in [-0.2, 0) is 9.53 Å². The lowest BCUT2D eigenvalue weighted by Crippen LogP contribution is -2.02. The van der Waals surface area contributed by atoms with E-state index in [1.807, 2.05) is 13.0 Å². The molecule has 0 aromatic carbocycles. The molecule has 4 heteroatoms. The summed E-state index contributed by atoms with van der Waals surface area (Å²) in [6.45, 7) is 5.70. The van der Waals surface area contributed by atoms with Gasteiger partial charge in [-0.05, 0) is 32.9 Å². The predicted octanol–water partition coefficient (Wildman–Crippen LogP) is 2.24. The van der Waals surface area contributed by atoms with Crippen LogP contribution in [0.1, 0.15) is 19.5 Å². The second kappa shape index (κ2) is 5.90. The van der Waals surface area contributed by atoms with Crippen molar-refractivity contribution < 1.29 is 14.3 Å². The van der Waals surface area contributed by atoms with Crippen molar-refractivity contribution in [3.8, 4) is 5.75 Å². The van der Waals surface area contributed by atoms with Crippen LogP contribution < -0.4 is 4.74 Å². The highest BCUT2D eigenvalue weighted by molar-refractivity contribution is 5.82. The third-order valence-corrected chi connectivity index (χ3v) is 1.77. The first-order chi connectivity index (χ1) is 7.61. The highest BCUT2D eigenvalue weighted by Gasteiger charge is 2.00. The normalized spacial score (nSPS) is 11.1. The fourth-order valence-electron chi connectivity index (χ4n) is 1.08. The first kappa shape index (κ1) is 12.2. The molecule has 0 bridgehead atoms. The fourth-order valence-corrected chi connectivity index (χ4v) is 1.08. The Morgan fingerprint density at radius 2 is 2.25 bits per heavy atom. The number of hydrogen-bond donors (Lipinski definition) is 0. The molecule has 1 heterocycles. The minimum absolute atomic E-state index is 0.356. The van der Waals surface area contributed by atoms with E-state index in [1.54, 1.807) is 26.1 Å². The molecule has 0 saturated heterocycles. The predicted molar refractivity (Wildman–Crippen MR) is 60.0 cm³/mol. The number of carbonyl (C=O) groups excluding carboxylic acids is 1. The second-order valence-corrected chi connectivity index (χ2v) is 3.24. The second-order valence-electron chi connectivity index (χ2n) is 3.24. The maximum absolute atomic E-state index is 11.1. The van der Waals surface area contributed by atoms with E-state index >= 15 is 0 Å². The monoisotopic (exact) mass is 221 g/mol. The fraction of sp³-hybridized carbons (Fsp3) is 0.333. The molecule has 0 aliphatic carbocycles. The highest BCUT2D eigenvalue weighted by atomic mass is 16.5. The van der Waals surface area contributed by atoms with Crippen LogP contribution in [0.3, 0.4) is 0 Å². The van der Waals surface area contributed by atoms with Crippen molar-refractivity contribution in [3.05, 3.63) is 35.9 Å². The Balaban J connectivity index is 2.60. The lowest BCUT2D eigenvalue weighted by Gasteiger charge is -2.05. The van der Waals surface area contributed by atoms with Gasteiger partial charge in [-0.3, -0.25) is 4.98 Å². The summed E-state index contributed by atoms with van der Waals surface area (Å²) in [6.07, 6.45) is 2.92. The highest BCUT2D eigenvalue weighted by Crippen LogP contribution is 2.12. The van der Waals surface area contributed by atoms with Crippen LogP contribution in [0.15, 0.2) is 30.2 Å². The molecule has 0 fully saturated rings. The van der Waals surface area contributed by atoms with Crippen LogP contribution in [0.25, 0.3) is 0 Å². The van der Waals surface area contributed by atoms with Crippen molar-refractivity contribution in [1.82, 2.24) is 4.98 Å². The van der Waals surface area contributed by atoms with Crippen molar-refractivity contribution in [2.45, 2.75) is 20.8 Å². The Bertz CT molecular complexity index is 382. The maximum atomic E-state index is 11.1. The number of nitrogens with zero attached hydrogens (tertiary/aromatic N) is 1. The summed E-state index contributed by atoms with van der Waals surface area (Å²) in [7, 11) is 0. The average molecular weight is 221 g/mol. The summed E-state index contributed by atoms with van der Waals surface area (Å²) in [5.41, 5.74) is 0.916. The van der Waals surface area contributed by atoms with E-state index in [4.69, 9.17) is 9.47 Å². The Morgan fingerprint density at radius 3 is 2.81 bits per heavy atom. The van der Waals surface area contributed by atoms with Crippen LogP contribution in [-0.4, -0.2) is 17.6 Å². The van der Waals surface area contributed by atoms with Gasteiger partial charge in [0.1, 0.15) is 11.5 Å². The molecule has 0 saturated carbocycles. The van der Waals surface area contributed by atoms with E-state index in [0.29, 0.717) is 18.1 Å². The van der Waals surface area contributed by atoms with Gasteiger partial charge < -0.3 is 9.47 Å². The lowest BCUT2D eigenvalue weighted by atomic mass is 10.4. The van der Waals surface area contributed by atoms with Crippen LogP contribution in [0.2, 0.25) is 0 Å². The van der Waals surface area contributed by atoms with Crippen LogP contribution >= 0.6 is 0 Å². The lowest BCUT2D eigenvalue weighted by molar-refractivity contribution is -0.137. The number of carbonyl (C=O) groups is 1.